The third-order valence-corrected chi connectivity index (χ3v) is 12.0. The van der Waals surface area contributed by atoms with E-state index in [0.29, 0.717) is 52.4 Å². The second-order valence-electron chi connectivity index (χ2n) is 21.6. The van der Waals surface area contributed by atoms with Crippen molar-refractivity contribution in [3.05, 3.63) is 0 Å². The second kappa shape index (κ2) is 20.0. The molecule has 4 atom stereocenters. The summed E-state index contributed by atoms with van der Waals surface area (Å²) >= 11 is 0. The Morgan fingerprint density at radius 2 is 0.918 bits per heavy atom. The van der Waals surface area contributed by atoms with Crippen LogP contribution in [0.1, 0.15) is 108 Å². The van der Waals surface area contributed by atoms with E-state index < -0.39 is 53.2 Å². The molecular weight excluding hydrogens is 789 g/mol. The molecule has 16 nitrogen and oxygen atoms in total. The normalized spacial score (nSPS) is 31.0. The van der Waals surface area contributed by atoms with E-state index in [4.69, 9.17) is 50.7 Å². The number of carbonyl (C=O) groups excluding carboxylic acids is 4. The summed E-state index contributed by atoms with van der Waals surface area (Å²) < 4.78 is 46.2. The lowest BCUT2D eigenvalue weighted by Gasteiger charge is -2.48. The Hall–Kier alpha value is -3.96. The first-order valence-electron chi connectivity index (χ1n) is 21.3. The Morgan fingerprint density at radius 3 is 1.25 bits per heavy atom. The Morgan fingerprint density at radius 1 is 0.574 bits per heavy atom. The number of amides is 4. The van der Waals surface area contributed by atoms with Crippen molar-refractivity contribution in [2.24, 2.45) is 37.9 Å². The van der Waals surface area contributed by atoms with Gasteiger partial charge in [-0.25, -0.2) is 19.2 Å². The molecule has 16 heteroatoms. The SMILES string of the molecule is C#CCOC(=O)NC1CC(C)(C)CC(C)(CNC(=O)OCC(C)(C)C2OCC3(CO2)COC(C(C)(C)COC(=O)NCC2(C)CC(NC(=O)OCC#C)CC(C)(C)C2)OC3)C1. The van der Waals surface area contributed by atoms with Crippen molar-refractivity contribution in [1.82, 2.24) is 21.3 Å². The molecule has 344 valence electrons. The van der Waals surface area contributed by atoms with Crippen molar-refractivity contribution in [3.63, 3.8) is 0 Å². The zero-order valence-corrected chi connectivity index (χ0v) is 38.2. The molecular formula is C45H72N4O12. The summed E-state index contributed by atoms with van der Waals surface area (Å²) in [4.78, 5) is 50.2. The number of carbonyl (C=O) groups is 4. The molecule has 2 heterocycles. The van der Waals surface area contributed by atoms with Gasteiger partial charge in [0.2, 0.25) is 0 Å². The zero-order valence-electron chi connectivity index (χ0n) is 38.2. The molecule has 4 amide bonds. The maximum Gasteiger partial charge on any atom is 0.408 e. The van der Waals surface area contributed by atoms with Crippen LogP contribution >= 0.6 is 0 Å². The van der Waals surface area contributed by atoms with Crippen molar-refractivity contribution in [2.45, 2.75) is 132 Å². The number of rotatable bonds is 14. The van der Waals surface area contributed by atoms with Crippen molar-refractivity contribution in [1.29, 1.82) is 0 Å². The molecule has 2 aliphatic carbocycles. The average molecular weight is 861 g/mol. The summed E-state index contributed by atoms with van der Waals surface area (Å²) in [6.07, 6.45) is 11.5. The van der Waals surface area contributed by atoms with Gasteiger partial charge in [0.05, 0.1) is 31.8 Å². The summed E-state index contributed by atoms with van der Waals surface area (Å²) in [6, 6.07) is -0.251. The Bertz CT molecular complexity index is 1500. The lowest BCUT2D eigenvalue weighted by molar-refractivity contribution is -0.336. The largest absolute Gasteiger partial charge is 0.449 e. The fourth-order valence-electron chi connectivity index (χ4n) is 9.94. The molecule has 1 spiro atoms. The fraction of sp³-hybridized carbons (Fsp3) is 0.822. The summed E-state index contributed by atoms with van der Waals surface area (Å²) in [6.45, 7) is 22.4. The van der Waals surface area contributed by atoms with Crippen molar-refractivity contribution >= 4 is 24.4 Å². The van der Waals surface area contributed by atoms with Gasteiger partial charge >= 0.3 is 24.4 Å². The smallest absolute Gasteiger partial charge is 0.408 e. The van der Waals surface area contributed by atoms with E-state index in [9.17, 15) is 19.2 Å². The van der Waals surface area contributed by atoms with Crippen LogP contribution in [0.2, 0.25) is 0 Å². The highest BCUT2D eigenvalue weighted by Crippen LogP contribution is 2.47. The van der Waals surface area contributed by atoms with Crippen molar-refractivity contribution in [3.8, 4) is 24.7 Å². The minimum absolute atomic E-state index is 0.0554. The van der Waals surface area contributed by atoms with Crippen LogP contribution in [0, 0.1) is 62.6 Å². The van der Waals surface area contributed by atoms with Gasteiger partial charge in [0, 0.05) is 36.0 Å². The van der Waals surface area contributed by atoms with Crippen LogP contribution in [0.25, 0.3) is 0 Å². The summed E-state index contributed by atoms with van der Waals surface area (Å²) in [5.74, 6) is 4.59. The molecule has 4 N–H and O–H groups in total. The Labute approximate surface area is 363 Å². The van der Waals surface area contributed by atoms with E-state index in [-0.39, 0.29) is 60.2 Å². The van der Waals surface area contributed by atoms with E-state index >= 15 is 0 Å². The first-order valence-corrected chi connectivity index (χ1v) is 21.3. The van der Waals surface area contributed by atoms with Gasteiger partial charge in [-0.1, -0.05) is 81.1 Å². The minimum atomic E-state index is -0.665. The molecule has 0 aromatic carbocycles. The topological polar surface area (TPSA) is 190 Å². The predicted octanol–water partition coefficient (Wildman–Crippen LogP) is 6.11. The van der Waals surface area contributed by atoms with E-state index in [1.165, 1.54) is 0 Å². The lowest BCUT2D eigenvalue weighted by Crippen LogP contribution is -2.57. The summed E-state index contributed by atoms with van der Waals surface area (Å²) in [5.41, 5.74) is -2.58. The first kappa shape index (κ1) is 49.7. The van der Waals surface area contributed by atoms with Crippen LogP contribution in [-0.4, -0.2) is 115 Å². The zero-order chi connectivity index (χ0) is 45.3. The van der Waals surface area contributed by atoms with Gasteiger partial charge in [0.15, 0.2) is 25.8 Å². The van der Waals surface area contributed by atoms with Gasteiger partial charge in [0.25, 0.3) is 0 Å². The maximum absolute atomic E-state index is 12.9. The molecule has 2 saturated carbocycles. The number of hydrogen-bond donors (Lipinski definition) is 4. The fourth-order valence-corrected chi connectivity index (χ4v) is 9.94. The standard InChI is InChI=1S/C45H72N4O12/c1-13-15-54-37(52)48-31-17-39(3,4)21-43(11,19-31)23-46-35(50)60-25-41(7,8)33-56-27-45(28-57-33)29-58-34(59-30-45)42(9,10)26-61-36(51)47-24-44(12)20-32(18-40(5,6)22-44)49-38(53)55-16-14-2/h1-2,31-34H,15-30H2,3-12H3,(H,46,50)(H,47,51)(H,48,52)(H,49,53). The van der Waals surface area contributed by atoms with Gasteiger partial charge in [-0.3, -0.25) is 0 Å². The highest BCUT2D eigenvalue weighted by molar-refractivity contribution is 5.69. The number of nitrogens with one attached hydrogen (secondary N) is 4. The lowest BCUT2D eigenvalue weighted by atomic mass is 9.62. The molecule has 2 aliphatic heterocycles. The maximum atomic E-state index is 12.9. The molecule has 4 rings (SSSR count). The minimum Gasteiger partial charge on any atom is -0.449 e. The van der Waals surface area contributed by atoms with Crippen molar-refractivity contribution < 1.29 is 57.1 Å². The molecule has 0 bridgehead atoms. The molecule has 4 fully saturated rings. The highest BCUT2D eigenvalue weighted by atomic mass is 16.7. The highest BCUT2D eigenvalue weighted by Gasteiger charge is 2.49. The van der Waals surface area contributed by atoms with Crippen LogP contribution in [0.3, 0.4) is 0 Å². The molecule has 61 heavy (non-hydrogen) atoms. The van der Waals surface area contributed by atoms with Crippen LogP contribution in [0.4, 0.5) is 19.2 Å². The quantitative estimate of drug-likeness (QED) is 0.116. The Balaban J connectivity index is 1.16. The van der Waals surface area contributed by atoms with Crippen molar-refractivity contribution in [2.75, 3.05) is 65.9 Å². The summed E-state index contributed by atoms with van der Waals surface area (Å²) in [5, 5.41) is 11.7. The second-order valence-corrected chi connectivity index (χ2v) is 21.6. The van der Waals surface area contributed by atoms with E-state index in [1.807, 2.05) is 27.7 Å². The van der Waals surface area contributed by atoms with Gasteiger partial charge in [-0.2, -0.15) is 0 Å². The van der Waals surface area contributed by atoms with Crippen LogP contribution in [-0.2, 0) is 37.9 Å². The number of terminal acetylenes is 2. The molecule has 2 saturated heterocycles. The average Bonchev–Trinajstić information content (AvgIpc) is 3.15. The molecule has 4 aliphatic rings. The number of alkyl carbamates (subject to hydrolysis) is 4. The van der Waals surface area contributed by atoms with Gasteiger partial charge in [-0.05, 0) is 60.2 Å². The van der Waals surface area contributed by atoms with E-state index in [1.54, 1.807) is 0 Å². The molecule has 0 aromatic heterocycles. The van der Waals surface area contributed by atoms with E-state index in [2.05, 4.69) is 74.7 Å². The van der Waals surface area contributed by atoms with Gasteiger partial charge < -0.3 is 59.2 Å². The van der Waals surface area contributed by atoms with E-state index in [0.717, 1.165) is 25.7 Å². The first-order chi connectivity index (χ1) is 28.3. The van der Waals surface area contributed by atoms with Gasteiger partial charge in [0.1, 0.15) is 13.2 Å². The Kier molecular flexibility index (Phi) is 16.3. The molecule has 0 radical (unpaired) electrons. The van der Waals surface area contributed by atoms with Gasteiger partial charge in [-0.15, -0.1) is 12.8 Å². The third-order valence-electron chi connectivity index (χ3n) is 12.0. The summed E-state index contributed by atoms with van der Waals surface area (Å²) in [7, 11) is 0. The third kappa shape index (κ3) is 15.1. The molecule has 4 unspecified atom stereocenters. The number of hydrogen-bond acceptors (Lipinski definition) is 12. The van der Waals surface area contributed by atoms with Crippen LogP contribution in [0.5, 0.6) is 0 Å². The van der Waals surface area contributed by atoms with Crippen LogP contribution in [0.15, 0.2) is 0 Å². The molecule has 0 aromatic rings. The monoisotopic (exact) mass is 861 g/mol. The number of ether oxygens (including phenoxy) is 8. The van der Waals surface area contributed by atoms with Crippen LogP contribution < -0.4 is 21.3 Å². The predicted molar refractivity (Wildman–Crippen MR) is 226 cm³/mol.